The van der Waals surface area contributed by atoms with Gasteiger partial charge in [-0.15, -0.1) is 0 Å². The molecule has 0 saturated carbocycles. The number of carbonyl (C=O) groups excluding carboxylic acids is 1. The van der Waals surface area contributed by atoms with Gasteiger partial charge in [-0.2, -0.15) is 0 Å². The van der Waals surface area contributed by atoms with Gasteiger partial charge in [-0.25, -0.2) is 4.79 Å². The fourth-order valence-corrected chi connectivity index (χ4v) is 6.90. The van der Waals surface area contributed by atoms with Crippen molar-refractivity contribution in [3.63, 3.8) is 0 Å². The maximum Gasteiger partial charge on any atom is 0.339 e. The zero-order valence-electron chi connectivity index (χ0n) is 35.5. The quantitative estimate of drug-likeness (QED) is 0.0489. The predicted molar refractivity (Wildman–Crippen MR) is 241 cm³/mol. The van der Waals surface area contributed by atoms with Crippen molar-refractivity contribution < 1.29 is 35.1 Å². The average Bonchev–Trinajstić information content (AvgIpc) is 3.24. The van der Waals surface area contributed by atoms with E-state index in [0.717, 1.165) is 60.8 Å². The smallest absolute Gasteiger partial charge is 0.339 e. The summed E-state index contributed by atoms with van der Waals surface area (Å²) in [6, 6.07) is 25.3. The summed E-state index contributed by atoms with van der Waals surface area (Å²) in [7, 11) is 0. The van der Waals surface area contributed by atoms with Gasteiger partial charge in [-0.05, 0) is 97.2 Å². The molecule has 320 valence electrons. The molecule has 1 amide bonds. The molecule has 6 rings (SSSR count). The first kappa shape index (κ1) is 47.0. The van der Waals surface area contributed by atoms with Gasteiger partial charge in [0.25, 0.3) is 5.91 Å². The fraction of sp³-hybridized carbons (Fsp3) is 0.280. The summed E-state index contributed by atoms with van der Waals surface area (Å²) in [5.74, 6) is -2.21. The van der Waals surface area contributed by atoms with Crippen molar-refractivity contribution in [3.8, 4) is 45.3 Å². The first-order valence-corrected chi connectivity index (χ1v) is 20.7. The Morgan fingerprint density at radius 3 is 1.51 bits per heavy atom. The Kier molecular flexibility index (Phi) is 18.3. The largest absolute Gasteiger partial charge is 0.507 e. The summed E-state index contributed by atoms with van der Waals surface area (Å²) < 4.78 is 0. The SMILES string of the molecule is CCCCCc1cc(O)c(-c2cccc(C)c2)c(O)c1C(=O)NCc1cccnc1.CCCCCc1cc(O)c(-c2cccc(C)c2)c(O)c1C(=O)O.NCc1cccnc1. The number of benzene rings is 4. The van der Waals surface area contributed by atoms with Crippen LogP contribution in [0.3, 0.4) is 0 Å². The lowest BCUT2D eigenvalue weighted by Crippen LogP contribution is -2.24. The molecule has 0 atom stereocenters. The van der Waals surface area contributed by atoms with Crippen LogP contribution in [0.2, 0.25) is 0 Å². The van der Waals surface area contributed by atoms with Gasteiger partial charge in [-0.1, -0.05) is 111 Å². The van der Waals surface area contributed by atoms with E-state index in [1.165, 1.54) is 6.07 Å². The number of aromatic nitrogens is 2. The maximum absolute atomic E-state index is 13.1. The van der Waals surface area contributed by atoms with E-state index >= 15 is 0 Å². The Morgan fingerprint density at radius 2 is 1.10 bits per heavy atom. The number of pyridine rings is 2. The van der Waals surface area contributed by atoms with E-state index in [9.17, 15) is 35.1 Å². The summed E-state index contributed by atoms with van der Waals surface area (Å²) in [5.41, 5.74) is 12.2. The third kappa shape index (κ3) is 13.4. The van der Waals surface area contributed by atoms with Crippen LogP contribution in [0.15, 0.2) is 110 Å². The number of aromatic hydroxyl groups is 4. The van der Waals surface area contributed by atoms with E-state index in [-0.39, 0.29) is 51.2 Å². The lowest BCUT2D eigenvalue weighted by Gasteiger charge is -2.17. The summed E-state index contributed by atoms with van der Waals surface area (Å²) in [6.07, 6.45) is 13.7. The van der Waals surface area contributed by atoms with Gasteiger partial charge in [0.15, 0.2) is 0 Å². The van der Waals surface area contributed by atoms with Crippen molar-refractivity contribution in [2.45, 2.75) is 92.2 Å². The molecular formula is C50H58N4O7. The minimum atomic E-state index is -1.18. The third-order valence-corrected chi connectivity index (χ3v) is 10.0. The van der Waals surface area contributed by atoms with Gasteiger partial charge in [0.1, 0.15) is 28.6 Å². The molecule has 0 saturated heterocycles. The molecule has 2 aromatic heterocycles. The van der Waals surface area contributed by atoms with Crippen molar-refractivity contribution in [1.82, 2.24) is 15.3 Å². The van der Waals surface area contributed by atoms with Crippen LogP contribution >= 0.6 is 0 Å². The van der Waals surface area contributed by atoms with Gasteiger partial charge >= 0.3 is 5.97 Å². The second kappa shape index (κ2) is 23.8. The minimum absolute atomic E-state index is 0.0200. The number of nitrogens with zero attached hydrogens (tertiary/aromatic N) is 2. The predicted octanol–water partition coefficient (Wildman–Crippen LogP) is 10.2. The van der Waals surface area contributed by atoms with Gasteiger partial charge in [-0.3, -0.25) is 14.8 Å². The van der Waals surface area contributed by atoms with E-state index in [2.05, 4.69) is 29.1 Å². The molecule has 0 aliphatic heterocycles. The molecule has 4 aromatic carbocycles. The maximum atomic E-state index is 13.1. The van der Waals surface area contributed by atoms with E-state index in [1.54, 1.807) is 49.1 Å². The Morgan fingerprint density at radius 1 is 0.623 bits per heavy atom. The number of amides is 1. The zero-order valence-corrected chi connectivity index (χ0v) is 35.5. The number of carboxylic acids is 1. The number of unbranched alkanes of at least 4 members (excludes halogenated alkanes) is 4. The number of nitrogens with one attached hydrogen (secondary N) is 1. The number of carboxylic acid groups (broad SMARTS) is 1. The number of carbonyl (C=O) groups is 2. The number of aromatic carboxylic acids is 1. The number of rotatable bonds is 15. The Labute approximate surface area is 358 Å². The molecule has 8 N–H and O–H groups in total. The Bertz CT molecular complexity index is 2350. The second-order valence-corrected chi connectivity index (χ2v) is 14.9. The molecule has 0 fully saturated rings. The van der Waals surface area contributed by atoms with Crippen molar-refractivity contribution in [2.24, 2.45) is 5.73 Å². The van der Waals surface area contributed by atoms with Crippen LogP contribution in [-0.4, -0.2) is 47.4 Å². The second-order valence-electron chi connectivity index (χ2n) is 14.9. The summed E-state index contributed by atoms with van der Waals surface area (Å²) >= 11 is 0. The Balaban J connectivity index is 0.000000232. The first-order valence-electron chi connectivity index (χ1n) is 20.7. The topological polar surface area (TPSA) is 199 Å². The molecule has 0 unspecified atom stereocenters. The molecule has 6 aromatic rings. The molecule has 0 bridgehead atoms. The number of hydrogen-bond acceptors (Lipinski definition) is 9. The van der Waals surface area contributed by atoms with Crippen LogP contribution < -0.4 is 11.1 Å². The van der Waals surface area contributed by atoms with Crippen LogP contribution in [0.25, 0.3) is 22.3 Å². The number of phenols is 4. The first-order chi connectivity index (χ1) is 29.4. The molecule has 61 heavy (non-hydrogen) atoms. The molecule has 0 aliphatic rings. The van der Waals surface area contributed by atoms with Gasteiger partial charge < -0.3 is 36.6 Å². The van der Waals surface area contributed by atoms with E-state index in [1.807, 2.05) is 68.4 Å². The van der Waals surface area contributed by atoms with E-state index < -0.39 is 5.97 Å². The van der Waals surface area contributed by atoms with Crippen LogP contribution in [0.1, 0.15) is 106 Å². The third-order valence-electron chi connectivity index (χ3n) is 10.0. The molecular weight excluding hydrogens is 769 g/mol. The molecule has 0 aliphatic carbocycles. The highest BCUT2D eigenvalue weighted by atomic mass is 16.4. The molecule has 11 nitrogen and oxygen atoms in total. The van der Waals surface area contributed by atoms with Crippen molar-refractivity contribution >= 4 is 11.9 Å². The minimum Gasteiger partial charge on any atom is -0.507 e. The highest BCUT2D eigenvalue weighted by Gasteiger charge is 2.25. The van der Waals surface area contributed by atoms with Crippen molar-refractivity contribution in [2.75, 3.05) is 0 Å². The lowest BCUT2D eigenvalue weighted by molar-refractivity contribution is 0.0692. The van der Waals surface area contributed by atoms with Gasteiger partial charge in [0.05, 0.1) is 16.7 Å². The number of hydrogen-bond donors (Lipinski definition) is 7. The molecule has 11 heteroatoms. The van der Waals surface area contributed by atoms with Gasteiger partial charge in [0, 0.05) is 37.9 Å². The summed E-state index contributed by atoms with van der Waals surface area (Å²) in [4.78, 5) is 32.6. The van der Waals surface area contributed by atoms with E-state index in [4.69, 9.17) is 5.73 Å². The normalized spacial score (nSPS) is 10.5. The fourth-order valence-electron chi connectivity index (χ4n) is 6.90. The average molecular weight is 827 g/mol. The van der Waals surface area contributed by atoms with Crippen LogP contribution in [0.4, 0.5) is 0 Å². The lowest BCUT2D eigenvalue weighted by atomic mass is 9.92. The number of nitrogens with two attached hydrogens (primary N) is 1. The van der Waals surface area contributed by atoms with Crippen LogP contribution in [-0.2, 0) is 25.9 Å². The number of aryl methyl sites for hydroxylation is 4. The molecule has 2 heterocycles. The standard InChI is InChI=1S/C25H28N2O3.C19H22O4.C6H8N2/c1-3-4-5-10-20-14-21(28)22(19-11-6-8-17(2)13-19)24(29)23(20)25(30)27-16-18-9-7-12-26-15-18;1-3-4-5-8-14-11-15(20)16(18(21)17(14)19(22)23)13-9-6-7-12(2)10-13;7-4-6-2-1-3-8-5-6/h6-9,11-15,28-29H,3-5,10,16H2,1-2H3,(H,27,30);6-7,9-11,20-21H,3-5,8H2,1-2H3,(H,22,23);1-3,5H,4,7H2. The molecule has 0 radical (unpaired) electrons. The van der Waals surface area contributed by atoms with Crippen LogP contribution in [0, 0.1) is 13.8 Å². The monoisotopic (exact) mass is 826 g/mol. The zero-order chi connectivity index (χ0) is 44.3. The highest BCUT2D eigenvalue weighted by Crippen LogP contribution is 2.43. The molecule has 0 spiro atoms. The summed E-state index contributed by atoms with van der Waals surface area (Å²) in [6.45, 7) is 8.90. The highest BCUT2D eigenvalue weighted by molar-refractivity contribution is 6.02. The van der Waals surface area contributed by atoms with Gasteiger partial charge in [0.2, 0.25) is 0 Å². The van der Waals surface area contributed by atoms with E-state index in [0.29, 0.717) is 48.2 Å². The summed E-state index contributed by atoms with van der Waals surface area (Å²) in [5, 5.41) is 54.9. The van der Waals surface area contributed by atoms with Crippen molar-refractivity contribution in [3.05, 3.63) is 154 Å². The Hall–Kier alpha value is -6.72. The number of phenolic OH excluding ortho intramolecular Hbond substituents is 3. The van der Waals surface area contributed by atoms with Crippen LogP contribution in [0.5, 0.6) is 23.0 Å². The van der Waals surface area contributed by atoms with Crippen molar-refractivity contribution in [1.29, 1.82) is 0 Å².